The van der Waals surface area contributed by atoms with Gasteiger partial charge in [-0.1, -0.05) is 13.5 Å². The van der Waals surface area contributed by atoms with Crippen molar-refractivity contribution >= 4 is 22.1 Å². The van der Waals surface area contributed by atoms with E-state index in [0.717, 1.165) is 11.4 Å². The minimum Gasteiger partial charge on any atom is -0.491 e. The fourth-order valence-electron chi connectivity index (χ4n) is 2.84. The third-order valence-corrected chi connectivity index (χ3v) is 5.00. The molecule has 0 fully saturated rings. The summed E-state index contributed by atoms with van der Waals surface area (Å²) in [4.78, 5) is 16.9. The number of allylic oxidation sites excluding steroid dienone is 4. The molecule has 0 spiro atoms. The maximum atomic E-state index is 14.3. The van der Waals surface area contributed by atoms with Crippen LogP contribution >= 0.6 is 15.9 Å². The molecule has 122 valence electrons. The Morgan fingerprint density at radius 1 is 1.57 bits per heavy atom. The summed E-state index contributed by atoms with van der Waals surface area (Å²) in [6.45, 7) is 5.98. The Morgan fingerprint density at radius 3 is 3.00 bits per heavy atom. The van der Waals surface area contributed by atoms with E-state index >= 15 is 0 Å². The van der Waals surface area contributed by atoms with Crippen LogP contribution in [0.25, 0.3) is 0 Å². The molecule has 0 unspecified atom stereocenters. The molecule has 3 rings (SSSR count). The highest BCUT2D eigenvalue weighted by Crippen LogP contribution is 2.29. The summed E-state index contributed by atoms with van der Waals surface area (Å²) in [6.07, 6.45) is 4.07. The maximum absolute atomic E-state index is 14.3. The van der Waals surface area contributed by atoms with Gasteiger partial charge in [-0.25, -0.2) is 9.18 Å². The second-order valence-electron chi connectivity index (χ2n) is 5.57. The Morgan fingerprint density at radius 2 is 2.30 bits per heavy atom. The van der Waals surface area contributed by atoms with E-state index in [1.807, 2.05) is 6.92 Å². The third kappa shape index (κ3) is 2.63. The van der Waals surface area contributed by atoms with Gasteiger partial charge in [-0.15, -0.1) is 0 Å². The number of aliphatic imine (C=N–C) groups is 1. The van der Waals surface area contributed by atoms with Gasteiger partial charge in [0.15, 0.2) is 0 Å². The van der Waals surface area contributed by atoms with Crippen LogP contribution in [0.5, 0.6) is 0 Å². The lowest BCUT2D eigenvalue weighted by molar-refractivity contribution is 0.170. The fraction of sp³-hybridized carbons (Fsp3) is 0.375. The van der Waals surface area contributed by atoms with Gasteiger partial charge in [-0.2, -0.15) is 0 Å². The van der Waals surface area contributed by atoms with Gasteiger partial charge < -0.3 is 4.74 Å². The molecule has 0 aromatic carbocycles. The van der Waals surface area contributed by atoms with Crippen molar-refractivity contribution in [3.63, 3.8) is 0 Å². The molecule has 1 aromatic heterocycles. The number of imidazole rings is 1. The molecule has 23 heavy (non-hydrogen) atoms. The minimum atomic E-state index is -0.495. The van der Waals surface area contributed by atoms with Crippen molar-refractivity contribution in [1.29, 1.82) is 0 Å². The summed E-state index contributed by atoms with van der Waals surface area (Å²) in [5, 5.41) is 0. The zero-order chi connectivity index (χ0) is 16.7. The van der Waals surface area contributed by atoms with Crippen molar-refractivity contribution in [2.24, 2.45) is 12.0 Å². The number of hydrogen-bond donors (Lipinski definition) is 0. The van der Waals surface area contributed by atoms with Crippen molar-refractivity contribution in [3.05, 3.63) is 56.3 Å². The van der Waals surface area contributed by atoms with E-state index in [0.29, 0.717) is 18.5 Å². The van der Waals surface area contributed by atoms with Gasteiger partial charge >= 0.3 is 5.69 Å². The SMILES string of the molecule is C=C1OC[C@H](CC)n2c3c(n(C)c2=O)C=N/C(=C/C(F)=C1Br)C3. The molecule has 2 aliphatic heterocycles. The lowest BCUT2D eigenvalue weighted by Crippen LogP contribution is -2.29. The van der Waals surface area contributed by atoms with E-state index in [1.165, 1.54) is 6.08 Å². The normalized spacial score (nSPS) is 23.2. The number of halogens is 2. The Bertz CT molecular complexity index is 829. The van der Waals surface area contributed by atoms with Gasteiger partial charge in [0.05, 0.1) is 28.1 Å². The zero-order valence-electron chi connectivity index (χ0n) is 13.0. The highest BCUT2D eigenvalue weighted by atomic mass is 79.9. The number of rotatable bonds is 1. The zero-order valence-corrected chi connectivity index (χ0v) is 14.6. The first-order valence-electron chi connectivity index (χ1n) is 7.36. The molecule has 0 N–H and O–H groups in total. The molecular formula is C16H17BrFN3O2. The van der Waals surface area contributed by atoms with Crippen molar-refractivity contribution in [3.8, 4) is 0 Å². The van der Waals surface area contributed by atoms with Gasteiger partial charge in [0, 0.05) is 19.2 Å². The van der Waals surface area contributed by atoms with Gasteiger partial charge in [-0.3, -0.25) is 14.1 Å². The molecule has 0 aliphatic carbocycles. The number of ether oxygens (including phenoxy) is 1. The minimum absolute atomic E-state index is 0.115. The van der Waals surface area contributed by atoms with Crippen molar-refractivity contribution in [2.75, 3.05) is 6.61 Å². The average Bonchev–Trinajstić information content (AvgIpc) is 2.78. The summed E-state index contributed by atoms with van der Waals surface area (Å²) in [7, 11) is 1.72. The summed E-state index contributed by atoms with van der Waals surface area (Å²) < 4.78 is 23.3. The Hall–Kier alpha value is -1.89. The molecule has 2 bridgehead atoms. The number of nitrogens with zero attached hydrogens (tertiary/aromatic N) is 3. The van der Waals surface area contributed by atoms with Crippen LogP contribution < -0.4 is 5.69 Å². The molecule has 0 saturated heterocycles. The molecule has 1 atom stereocenters. The molecule has 3 heterocycles. The van der Waals surface area contributed by atoms with Crippen LogP contribution in [0.15, 0.2) is 44.2 Å². The Kier molecular flexibility index (Phi) is 4.14. The molecule has 5 nitrogen and oxygen atoms in total. The molecule has 0 saturated carbocycles. The predicted molar refractivity (Wildman–Crippen MR) is 90.5 cm³/mol. The molecular weight excluding hydrogens is 365 g/mol. The molecule has 1 aromatic rings. The second-order valence-corrected chi connectivity index (χ2v) is 6.37. The largest absolute Gasteiger partial charge is 0.491 e. The van der Waals surface area contributed by atoms with Crippen LogP contribution in [0.2, 0.25) is 0 Å². The molecule has 0 amide bonds. The number of aromatic nitrogens is 2. The topological polar surface area (TPSA) is 48.5 Å². The van der Waals surface area contributed by atoms with Crippen LogP contribution in [0, 0.1) is 0 Å². The second kappa shape index (κ2) is 5.96. The first kappa shape index (κ1) is 16.0. The summed E-state index contributed by atoms with van der Waals surface area (Å²) in [5.74, 6) is -0.294. The first-order chi connectivity index (χ1) is 10.9. The quantitative estimate of drug-likeness (QED) is 0.750. The Balaban J connectivity index is 2.24. The monoisotopic (exact) mass is 381 g/mol. The maximum Gasteiger partial charge on any atom is 0.329 e. The summed E-state index contributed by atoms with van der Waals surface area (Å²) >= 11 is 3.17. The summed E-state index contributed by atoms with van der Waals surface area (Å²) in [6, 6.07) is -0.150. The highest BCUT2D eigenvalue weighted by molar-refractivity contribution is 9.12. The van der Waals surface area contributed by atoms with E-state index in [4.69, 9.17) is 4.74 Å². The van der Waals surface area contributed by atoms with E-state index in [2.05, 4.69) is 27.5 Å². The number of fused-ring (bicyclic) bond motifs is 1. The third-order valence-electron chi connectivity index (χ3n) is 4.18. The predicted octanol–water partition coefficient (Wildman–Crippen LogP) is 3.12. The lowest BCUT2D eigenvalue weighted by atomic mass is 10.1. The van der Waals surface area contributed by atoms with Crippen LogP contribution in [0.1, 0.15) is 30.8 Å². The lowest BCUT2D eigenvalue weighted by Gasteiger charge is -2.20. The van der Waals surface area contributed by atoms with E-state index in [-0.39, 0.29) is 28.6 Å². The van der Waals surface area contributed by atoms with Crippen LogP contribution in [-0.2, 0) is 18.2 Å². The van der Waals surface area contributed by atoms with Crippen LogP contribution in [0.4, 0.5) is 4.39 Å². The van der Waals surface area contributed by atoms with Gasteiger partial charge in [-0.05, 0) is 28.4 Å². The fourth-order valence-corrected chi connectivity index (χ4v) is 3.07. The van der Waals surface area contributed by atoms with Crippen molar-refractivity contribution in [2.45, 2.75) is 25.8 Å². The van der Waals surface area contributed by atoms with Crippen molar-refractivity contribution < 1.29 is 9.13 Å². The molecule has 7 heteroatoms. The first-order valence-corrected chi connectivity index (χ1v) is 8.15. The molecule has 2 aliphatic rings. The van der Waals surface area contributed by atoms with E-state index in [1.54, 1.807) is 22.4 Å². The summed E-state index contributed by atoms with van der Waals surface area (Å²) in [5.41, 5.74) is 2.03. The standard InChI is InChI=1S/C16H17BrFN3O2/c1-4-11-8-23-9(2)15(17)12(18)5-10-6-13-14(7-19-10)20(3)16(22)21(11)13/h5,7,11H,2,4,6,8H2,1,3H3/b10-5+,15-12?/t11-/m0/s1. The van der Waals surface area contributed by atoms with Crippen LogP contribution in [-0.4, -0.2) is 22.0 Å². The van der Waals surface area contributed by atoms with Crippen molar-refractivity contribution in [1.82, 2.24) is 9.13 Å². The van der Waals surface area contributed by atoms with Gasteiger partial charge in [0.1, 0.15) is 18.2 Å². The van der Waals surface area contributed by atoms with E-state index in [9.17, 15) is 9.18 Å². The molecule has 0 radical (unpaired) electrons. The smallest absolute Gasteiger partial charge is 0.329 e. The Labute approximate surface area is 141 Å². The number of hydrogen-bond acceptors (Lipinski definition) is 3. The van der Waals surface area contributed by atoms with Crippen LogP contribution in [0.3, 0.4) is 0 Å². The van der Waals surface area contributed by atoms with Gasteiger partial charge in [0.25, 0.3) is 0 Å². The average molecular weight is 382 g/mol. The highest BCUT2D eigenvalue weighted by Gasteiger charge is 2.26. The van der Waals surface area contributed by atoms with E-state index < -0.39 is 5.83 Å². The van der Waals surface area contributed by atoms with Gasteiger partial charge in [0.2, 0.25) is 0 Å².